The normalized spacial score (nSPS) is 12.6. The van der Waals surface area contributed by atoms with E-state index in [2.05, 4.69) is 37.2 Å². The molecule has 6 nitrogen and oxygen atoms in total. The third-order valence-electron chi connectivity index (χ3n) is 3.84. The zero-order valence-electron chi connectivity index (χ0n) is 14.1. The molecule has 0 atom stereocenters. The van der Waals surface area contributed by atoms with Crippen molar-refractivity contribution in [2.45, 2.75) is 18.0 Å². The predicted octanol–water partition coefficient (Wildman–Crippen LogP) is 5.68. The first-order chi connectivity index (χ1) is 13.6. The second kappa shape index (κ2) is 8.15. The second-order valence-corrected chi connectivity index (χ2v) is 7.49. The van der Waals surface area contributed by atoms with Crippen LogP contribution in [0.5, 0.6) is 0 Å². The van der Waals surface area contributed by atoms with Crippen LogP contribution < -0.4 is 5.32 Å². The van der Waals surface area contributed by atoms with E-state index in [-0.39, 0.29) is 11.3 Å². The number of alkyl halides is 6. The fourth-order valence-corrected chi connectivity index (χ4v) is 3.72. The Bertz CT molecular complexity index is 973. The molecule has 0 saturated carbocycles. The molecule has 30 heavy (non-hydrogen) atoms. The number of halogens is 8. The summed E-state index contributed by atoms with van der Waals surface area (Å²) >= 11 is 5.53. The Morgan fingerprint density at radius 2 is 1.50 bits per heavy atom. The molecule has 0 radical (unpaired) electrons. The highest BCUT2D eigenvalue weighted by molar-refractivity contribution is 9.11. The van der Waals surface area contributed by atoms with Crippen molar-refractivity contribution in [1.29, 1.82) is 0 Å². The lowest BCUT2D eigenvalue weighted by atomic mass is 9.92. The molecule has 2 aromatic carbocycles. The number of amides is 1. The lowest BCUT2D eigenvalue weighted by Gasteiger charge is -2.33. The van der Waals surface area contributed by atoms with Crippen LogP contribution in [0.15, 0.2) is 45.3 Å². The first kappa shape index (κ1) is 24.1. The highest BCUT2D eigenvalue weighted by Crippen LogP contribution is 2.51. The smallest absolute Gasteiger partial charge is 0.369 e. The monoisotopic (exact) mass is 564 g/mol. The fraction of sp³-hybridized carbons (Fsp3) is 0.188. The summed E-state index contributed by atoms with van der Waals surface area (Å²) in [7, 11) is 0. The van der Waals surface area contributed by atoms with E-state index in [4.69, 9.17) is 0 Å². The van der Waals surface area contributed by atoms with Gasteiger partial charge in [-0.3, -0.25) is 14.9 Å². The molecule has 0 bridgehead atoms. The zero-order chi connectivity index (χ0) is 23.1. The topological polar surface area (TPSA) is 92.5 Å². The number of nitrogens with zero attached hydrogens (tertiary/aromatic N) is 1. The van der Waals surface area contributed by atoms with E-state index in [0.29, 0.717) is 12.1 Å². The van der Waals surface area contributed by atoms with Crippen LogP contribution in [0.1, 0.15) is 15.9 Å². The summed E-state index contributed by atoms with van der Waals surface area (Å²) in [6.07, 6.45) is -12.2. The van der Waals surface area contributed by atoms with Crippen molar-refractivity contribution >= 4 is 49.1 Å². The van der Waals surface area contributed by atoms with Crippen LogP contribution in [-0.4, -0.2) is 28.3 Å². The van der Waals surface area contributed by atoms with Crippen molar-refractivity contribution in [3.05, 3.63) is 66.6 Å². The highest BCUT2D eigenvalue weighted by Gasteiger charge is 2.71. The largest absolute Gasteiger partial charge is 0.430 e. The number of non-ortho nitro benzene ring substituents is 1. The van der Waals surface area contributed by atoms with Crippen molar-refractivity contribution in [1.82, 2.24) is 0 Å². The number of aliphatic hydroxyl groups is 1. The van der Waals surface area contributed by atoms with Crippen LogP contribution in [0.3, 0.4) is 0 Å². The molecule has 0 aliphatic carbocycles. The van der Waals surface area contributed by atoms with Crippen molar-refractivity contribution in [3.8, 4) is 0 Å². The van der Waals surface area contributed by atoms with E-state index < -0.39 is 49.0 Å². The average molecular weight is 566 g/mol. The highest BCUT2D eigenvalue weighted by atomic mass is 79.9. The first-order valence-corrected chi connectivity index (χ1v) is 9.09. The summed E-state index contributed by atoms with van der Waals surface area (Å²) in [5, 5.41) is 22.5. The number of carbonyl (C=O) groups excluding carboxylic acids is 1. The van der Waals surface area contributed by atoms with Gasteiger partial charge in [0, 0.05) is 32.2 Å². The van der Waals surface area contributed by atoms with E-state index in [0.717, 1.165) is 12.1 Å². The van der Waals surface area contributed by atoms with Crippen LogP contribution in [0.25, 0.3) is 0 Å². The van der Waals surface area contributed by atoms with Crippen molar-refractivity contribution < 1.29 is 41.2 Å². The SMILES string of the molecule is O=C(Nc1c(Br)cc(C(O)(C(F)(F)F)C(F)(F)F)cc1Br)c1cccc([N+](=O)[O-])c1. The van der Waals surface area contributed by atoms with Gasteiger partial charge in [-0.1, -0.05) is 6.07 Å². The summed E-state index contributed by atoms with van der Waals surface area (Å²) in [6, 6.07) is 5.19. The first-order valence-electron chi connectivity index (χ1n) is 7.50. The molecule has 1 amide bonds. The maximum Gasteiger partial charge on any atom is 0.430 e. The van der Waals surface area contributed by atoms with Gasteiger partial charge in [-0.25, -0.2) is 0 Å². The summed E-state index contributed by atoms with van der Waals surface area (Å²) in [6.45, 7) is 0. The van der Waals surface area contributed by atoms with Gasteiger partial charge in [0.1, 0.15) is 0 Å². The molecule has 0 unspecified atom stereocenters. The molecule has 0 spiro atoms. The summed E-state index contributed by atoms with van der Waals surface area (Å²) in [4.78, 5) is 22.3. The van der Waals surface area contributed by atoms with Gasteiger partial charge >= 0.3 is 12.4 Å². The van der Waals surface area contributed by atoms with Gasteiger partial charge in [-0.15, -0.1) is 0 Å². The number of anilines is 1. The lowest BCUT2D eigenvalue weighted by Crippen LogP contribution is -2.53. The molecule has 14 heteroatoms. The quantitative estimate of drug-likeness (QED) is 0.283. The summed E-state index contributed by atoms with van der Waals surface area (Å²) in [5.74, 6) is -0.922. The van der Waals surface area contributed by atoms with Crippen molar-refractivity contribution in [2.75, 3.05) is 5.32 Å². The molecule has 0 fully saturated rings. The molecule has 2 N–H and O–H groups in total. The second-order valence-electron chi connectivity index (χ2n) is 5.78. The van der Waals surface area contributed by atoms with Crippen LogP contribution in [0.4, 0.5) is 37.7 Å². The van der Waals surface area contributed by atoms with Crippen molar-refractivity contribution in [3.63, 3.8) is 0 Å². The average Bonchev–Trinajstić information content (AvgIpc) is 2.61. The van der Waals surface area contributed by atoms with Crippen molar-refractivity contribution in [2.24, 2.45) is 0 Å². The van der Waals surface area contributed by atoms with Gasteiger partial charge in [-0.2, -0.15) is 26.3 Å². The maximum absolute atomic E-state index is 13.1. The van der Waals surface area contributed by atoms with E-state index in [1.807, 2.05) is 0 Å². The Hall–Kier alpha value is -2.19. The van der Waals surface area contributed by atoms with E-state index in [9.17, 15) is 46.4 Å². The molecule has 2 rings (SSSR count). The third-order valence-corrected chi connectivity index (χ3v) is 5.09. The van der Waals surface area contributed by atoms with Gasteiger partial charge in [0.15, 0.2) is 0 Å². The lowest BCUT2D eigenvalue weighted by molar-refractivity contribution is -0.384. The van der Waals surface area contributed by atoms with Crippen LogP contribution in [-0.2, 0) is 5.60 Å². The van der Waals surface area contributed by atoms with Gasteiger partial charge in [0.05, 0.1) is 10.6 Å². The Labute approximate surface area is 180 Å². The predicted molar refractivity (Wildman–Crippen MR) is 98.9 cm³/mol. The van der Waals surface area contributed by atoms with E-state index in [1.54, 1.807) is 0 Å². The third kappa shape index (κ3) is 4.44. The van der Waals surface area contributed by atoms with E-state index >= 15 is 0 Å². The number of nitro benzene ring substituents is 1. The Balaban J connectivity index is 2.48. The van der Waals surface area contributed by atoms with Gasteiger partial charge in [0.25, 0.3) is 17.2 Å². The number of rotatable bonds is 4. The van der Waals surface area contributed by atoms with E-state index in [1.165, 1.54) is 12.1 Å². The van der Waals surface area contributed by atoms with Gasteiger partial charge in [-0.05, 0) is 50.1 Å². The number of hydrogen-bond acceptors (Lipinski definition) is 4. The molecular formula is C16H8Br2F6N2O4. The molecule has 162 valence electrons. The molecule has 0 aromatic heterocycles. The standard InChI is InChI=1S/C16H8Br2F6N2O4/c17-10-5-8(14(28,15(19,20)21)16(22,23)24)6-11(18)12(10)25-13(27)7-2-1-3-9(4-7)26(29)30/h1-6,28H,(H,25,27). The maximum atomic E-state index is 13.1. The van der Waals surface area contributed by atoms with Gasteiger partial charge < -0.3 is 10.4 Å². The molecule has 0 aliphatic heterocycles. The number of carbonyl (C=O) groups is 1. The Morgan fingerprint density at radius 3 is 1.93 bits per heavy atom. The molecule has 0 aliphatic rings. The minimum absolute atomic E-state index is 0.186. The molecule has 0 heterocycles. The zero-order valence-corrected chi connectivity index (χ0v) is 17.3. The number of nitro groups is 1. The van der Waals surface area contributed by atoms with Crippen LogP contribution in [0, 0.1) is 10.1 Å². The number of benzene rings is 2. The summed E-state index contributed by atoms with van der Waals surface area (Å²) in [5.41, 5.74) is -7.56. The van der Waals surface area contributed by atoms with Crippen LogP contribution in [0.2, 0.25) is 0 Å². The minimum Gasteiger partial charge on any atom is -0.369 e. The summed E-state index contributed by atoms with van der Waals surface area (Å²) < 4.78 is 77.5. The number of hydrogen-bond donors (Lipinski definition) is 2. The van der Waals surface area contributed by atoms with Gasteiger partial charge in [0.2, 0.25) is 0 Å². The molecule has 0 saturated heterocycles. The molecular weight excluding hydrogens is 558 g/mol. The Kier molecular flexibility index (Phi) is 6.54. The molecule has 2 aromatic rings. The Morgan fingerprint density at radius 1 is 1.00 bits per heavy atom. The number of nitrogens with one attached hydrogen (secondary N) is 1. The minimum atomic E-state index is -6.09. The van der Waals surface area contributed by atoms with Crippen LogP contribution >= 0.6 is 31.9 Å². The fourth-order valence-electron chi connectivity index (χ4n) is 2.34.